The normalized spacial score (nSPS) is 14.5. The third kappa shape index (κ3) is 4.35. The van der Waals surface area contributed by atoms with Crippen LogP contribution in [0.1, 0.15) is 29.1 Å². The average molecular weight is 426 g/mol. The van der Waals surface area contributed by atoms with Crippen LogP contribution >= 0.6 is 11.3 Å². The second-order valence-corrected chi connectivity index (χ2v) is 8.00. The third-order valence-electron chi connectivity index (χ3n) is 5.09. The molecule has 0 atom stereocenters. The van der Waals surface area contributed by atoms with Crippen molar-refractivity contribution in [2.45, 2.75) is 19.8 Å². The largest absolute Gasteiger partial charge is 0.497 e. The maximum atomic E-state index is 12.8. The fourth-order valence-corrected chi connectivity index (χ4v) is 4.20. The first-order chi connectivity index (χ1) is 14.5. The van der Waals surface area contributed by atoms with Crippen molar-refractivity contribution in [2.24, 2.45) is 5.92 Å². The minimum atomic E-state index is -0.156. The van der Waals surface area contributed by atoms with Gasteiger partial charge in [-0.15, -0.1) is 11.3 Å². The number of carbonyl (C=O) groups is 2. The maximum Gasteiger partial charge on any atom is 0.273 e. The lowest BCUT2D eigenvalue weighted by Crippen LogP contribution is -2.41. The first-order valence-corrected chi connectivity index (χ1v) is 10.5. The molecule has 156 valence electrons. The summed E-state index contributed by atoms with van der Waals surface area (Å²) in [5.41, 5.74) is 1.38. The van der Waals surface area contributed by atoms with Crippen LogP contribution in [-0.2, 0) is 4.79 Å². The Morgan fingerprint density at radius 2 is 1.97 bits per heavy atom. The minimum absolute atomic E-state index is 0.0918. The predicted molar refractivity (Wildman–Crippen MR) is 113 cm³/mol. The van der Waals surface area contributed by atoms with Crippen molar-refractivity contribution in [3.05, 3.63) is 47.2 Å². The number of benzene rings is 1. The van der Waals surface area contributed by atoms with Crippen LogP contribution in [0.25, 0.3) is 10.6 Å². The standard InChI is InChI=1S/C21H22N4O4S/c1-13-11-18(24-29-13)23-19(26)14-7-9-25(10-8-14)21(27)17-12-30-20(22-17)15-3-5-16(28-2)6-4-15/h3-6,11-12,14H,7-10H2,1-2H3,(H,23,24,26). The van der Waals surface area contributed by atoms with E-state index in [4.69, 9.17) is 9.26 Å². The molecule has 3 heterocycles. The van der Waals surface area contributed by atoms with Gasteiger partial charge in [0.25, 0.3) is 5.91 Å². The van der Waals surface area contributed by atoms with Gasteiger partial charge in [0.2, 0.25) is 5.91 Å². The number of ether oxygens (including phenoxy) is 1. The van der Waals surface area contributed by atoms with E-state index in [1.165, 1.54) is 11.3 Å². The van der Waals surface area contributed by atoms with E-state index in [1.54, 1.807) is 30.4 Å². The summed E-state index contributed by atoms with van der Waals surface area (Å²) in [4.78, 5) is 31.5. The van der Waals surface area contributed by atoms with Crippen molar-refractivity contribution in [3.8, 4) is 16.3 Å². The minimum Gasteiger partial charge on any atom is -0.497 e. The summed E-state index contributed by atoms with van der Waals surface area (Å²) in [6.45, 7) is 2.81. The second kappa shape index (κ2) is 8.66. The summed E-state index contributed by atoms with van der Waals surface area (Å²) in [5, 5.41) is 9.13. The van der Waals surface area contributed by atoms with Gasteiger partial charge in [0.15, 0.2) is 5.82 Å². The quantitative estimate of drug-likeness (QED) is 0.669. The van der Waals surface area contributed by atoms with Crippen LogP contribution in [0.5, 0.6) is 5.75 Å². The smallest absolute Gasteiger partial charge is 0.273 e. The number of methoxy groups -OCH3 is 1. The number of carbonyl (C=O) groups excluding carboxylic acids is 2. The number of nitrogens with zero attached hydrogens (tertiary/aromatic N) is 3. The molecule has 4 rings (SSSR count). The fraction of sp³-hybridized carbons (Fsp3) is 0.333. The van der Waals surface area contributed by atoms with Crippen molar-refractivity contribution in [1.29, 1.82) is 0 Å². The van der Waals surface area contributed by atoms with Gasteiger partial charge in [0.05, 0.1) is 7.11 Å². The number of likely N-dealkylation sites (tertiary alicyclic amines) is 1. The molecule has 0 spiro atoms. The SMILES string of the molecule is COc1ccc(-c2nc(C(=O)N3CCC(C(=O)Nc4cc(C)on4)CC3)cs2)cc1. The van der Waals surface area contributed by atoms with Crippen LogP contribution in [0.15, 0.2) is 40.2 Å². The molecule has 9 heteroatoms. The Labute approximate surface area is 177 Å². The van der Waals surface area contributed by atoms with Gasteiger partial charge in [-0.3, -0.25) is 9.59 Å². The number of aromatic nitrogens is 2. The molecule has 2 aromatic heterocycles. The number of aryl methyl sites for hydroxylation is 1. The Bertz CT molecular complexity index is 1040. The third-order valence-corrected chi connectivity index (χ3v) is 5.98. The Morgan fingerprint density at radius 1 is 1.23 bits per heavy atom. The van der Waals surface area contributed by atoms with E-state index >= 15 is 0 Å². The highest BCUT2D eigenvalue weighted by Crippen LogP contribution is 2.27. The average Bonchev–Trinajstić information content (AvgIpc) is 3.43. The summed E-state index contributed by atoms with van der Waals surface area (Å²) in [7, 11) is 1.62. The van der Waals surface area contributed by atoms with Crippen molar-refractivity contribution < 1.29 is 18.8 Å². The van der Waals surface area contributed by atoms with Crippen LogP contribution in [0.4, 0.5) is 5.82 Å². The zero-order valence-corrected chi connectivity index (χ0v) is 17.6. The summed E-state index contributed by atoms with van der Waals surface area (Å²) in [6, 6.07) is 9.26. The van der Waals surface area contributed by atoms with Crippen LogP contribution in [-0.4, -0.2) is 47.1 Å². The first-order valence-electron chi connectivity index (χ1n) is 9.67. The van der Waals surface area contributed by atoms with Gasteiger partial charge in [0.1, 0.15) is 22.2 Å². The molecule has 1 aliphatic heterocycles. The molecule has 0 unspecified atom stereocenters. The molecule has 8 nitrogen and oxygen atoms in total. The van der Waals surface area contributed by atoms with Gasteiger partial charge < -0.3 is 19.5 Å². The van der Waals surface area contributed by atoms with Crippen molar-refractivity contribution >= 4 is 29.0 Å². The van der Waals surface area contributed by atoms with E-state index in [1.807, 2.05) is 24.3 Å². The molecule has 1 saturated heterocycles. The number of hydrogen-bond acceptors (Lipinski definition) is 7. The van der Waals surface area contributed by atoms with Gasteiger partial charge >= 0.3 is 0 Å². The molecule has 1 aromatic carbocycles. The van der Waals surface area contributed by atoms with Gasteiger partial charge in [-0.25, -0.2) is 4.98 Å². The summed E-state index contributed by atoms with van der Waals surface area (Å²) in [5.74, 6) is 1.49. The van der Waals surface area contributed by atoms with Gasteiger partial charge in [-0.1, -0.05) is 5.16 Å². The van der Waals surface area contributed by atoms with E-state index in [0.29, 0.717) is 43.2 Å². The predicted octanol–water partition coefficient (Wildman–Crippen LogP) is 3.61. The maximum absolute atomic E-state index is 12.8. The van der Waals surface area contributed by atoms with E-state index in [-0.39, 0.29) is 17.7 Å². The highest BCUT2D eigenvalue weighted by molar-refractivity contribution is 7.13. The van der Waals surface area contributed by atoms with Crippen LogP contribution < -0.4 is 10.1 Å². The number of anilines is 1. The summed E-state index contributed by atoms with van der Waals surface area (Å²) < 4.78 is 10.1. The molecule has 0 saturated carbocycles. The molecule has 0 radical (unpaired) electrons. The number of piperidine rings is 1. The topological polar surface area (TPSA) is 97.6 Å². The van der Waals surface area contributed by atoms with Gasteiger partial charge in [-0.05, 0) is 44.0 Å². The molecular formula is C21H22N4O4S. The Hall–Kier alpha value is -3.20. The lowest BCUT2D eigenvalue weighted by Gasteiger charge is -2.30. The zero-order chi connectivity index (χ0) is 21.1. The molecule has 3 aromatic rings. The molecule has 1 N–H and O–H groups in total. The number of rotatable bonds is 5. The van der Waals surface area contributed by atoms with E-state index in [9.17, 15) is 9.59 Å². The van der Waals surface area contributed by atoms with Crippen molar-refractivity contribution in [3.63, 3.8) is 0 Å². The lowest BCUT2D eigenvalue weighted by molar-refractivity contribution is -0.121. The van der Waals surface area contributed by atoms with E-state index in [0.717, 1.165) is 16.3 Å². The van der Waals surface area contributed by atoms with E-state index in [2.05, 4.69) is 15.5 Å². The zero-order valence-electron chi connectivity index (χ0n) is 16.8. The summed E-state index contributed by atoms with van der Waals surface area (Å²) >= 11 is 1.44. The van der Waals surface area contributed by atoms with Crippen molar-refractivity contribution in [1.82, 2.24) is 15.0 Å². The van der Waals surface area contributed by atoms with Crippen LogP contribution in [0, 0.1) is 12.8 Å². The Morgan fingerprint density at radius 3 is 2.60 bits per heavy atom. The fourth-order valence-electron chi connectivity index (χ4n) is 3.40. The number of amides is 2. The number of thiazole rings is 1. The number of hydrogen-bond donors (Lipinski definition) is 1. The highest BCUT2D eigenvalue weighted by Gasteiger charge is 2.29. The molecule has 1 aliphatic rings. The van der Waals surface area contributed by atoms with Crippen LogP contribution in [0.3, 0.4) is 0 Å². The Kier molecular flexibility index (Phi) is 5.80. The summed E-state index contributed by atoms with van der Waals surface area (Å²) in [6.07, 6.45) is 1.20. The van der Waals surface area contributed by atoms with Crippen molar-refractivity contribution in [2.75, 3.05) is 25.5 Å². The molecule has 2 amide bonds. The molecule has 0 bridgehead atoms. The molecule has 1 fully saturated rings. The Balaban J connectivity index is 1.34. The van der Waals surface area contributed by atoms with E-state index < -0.39 is 0 Å². The second-order valence-electron chi connectivity index (χ2n) is 7.14. The highest BCUT2D eigenvalue weighted by atomic mass is 32.1. The first kappa shape index (κ1) is 20.1. The van der Waals surface area contributed by atoms with Gasteiger partial charge in [-0.2, -0.15) is 0 Å². The lowest BCUT2D eigenvalue weighted by atomic mass is 9.95. The van der Waals surface area contributed by atoms with Crippen LogP contribution in [0.2, 0.25) is 0 Å². The monoisotopic (exact) mass is 426 g/mol. The number of nitrogens with one attached hydrogen (secondary N) is 1. The molecule has 0 aliphatic carbocycles. The molecular weight excluding hydrogens is 404 g/mol. The van der Waals surface area contributed by atoms with Gasteiger partial charge in [0, 0.05) is 36.0 Å². The molecule has 30 heavy (non-hydrogen) atoms.